The van der Waals surface area contributed by atoms with Crippen LogP contribution in [0.25, 0.3) is 0 Å². The average Bonchev–Trinajstić information content (AvgIpc) is 2.78. The molecule has 2 N–H and O–H groups in total. The number of hydrogen-bond acceptors (Lipinski definition) is 4. The predicted molar refractivity (Wildman–Crippen MR) is 112 cm³/mol. The van der Waals surface area contributed by atoms with Crippen LogP contribution in [0.4, 0.5) is 14.5 Å². The Labute approximate surface area is 179 Å². The summed E-state index contributed by atoms with van der Waals surface area (Å²) in [6.45, 7) is 0.299. The largest absolute Gasteiger partial charge is 0.348 e. The van der Waals surface area contributed by atoms with Crippen molar-refractivity contribution in [3.05, 3.63) is 94.8 Å². The zero-order chi connectivity index (χ0) is 22.0. The van der Waals surface area contributed by atoms with Crippen LogP contribution in [0.3, 0.4) is 0 Å². The quantitative estimate of drug-likeness (QED) is 0.637. The van der Waals surface area contributed by atoms with Crippen molar-refractivity contribution in [2.45, 2.75) is 18.2 Å². The SMILES string of the molecule is O=C(NCc1ccncc1)c1ccc2c(c1)C(=O)C(Cc1ccc(F)c(F)c1)S(=O)N2. The molecular formula is C22H17F2N3O3S. The minimum absolute atomic E-state index is 0.0342. The number of halogens is 2. The van der Waals surface area contributed by atoms with Crippen molar-refractivity contribution in [1.82, 2.24) is 10.3 Å². The molecule has 2 atom stereocenters. The topological polar surface area (TPSA) is 88.2 Å². The van der Waals surface area contributed by atoms with Crippen molar-refractivity contribution in [3.8, 4) is 0 Å². The second-order valence-electron chi connectivity index (χ2n) is 7.00. The highest BCUT2D eigenvalue weighted by molar-refractivity contribution is 7.88. The molecule has 158 valence electrons. The van der Waals surface area contributed by atoms with Gasteiger partial charge in [-0.15, -0.1) is 0 Å². The highest BCUT2D eigenvalue weighted by Crippen LogP contribution is 2.28. The molecule has 6 nitrogen and oxygen atoms in total. The Morgan fingerprint density at radius 1 is 1.03 bits per heavy atom. The maximum absolute atomic E-state index is 13.5. The van der Waals surface area contributed by atoms with Gasteiger partial charge in [0.05, 0.1) is 5.69 Å². The second-order valence-corrected chi connectivity index (χ2v) is 8.37. The van der Waals surface area contributed by atoms with Gasteiger partial charge in [-0.1, -0.05) is 6.07 Å². The summed E-state index contributed by atoms with van der Waals surface area (Å²) in [5.74, 6) is -2.82. The number of hydrogen-bond donors (Lipinski definition) is 2. The Morgan fingerprint density at radius 2 is 1.81 bits per heavy atom. The molecule has 1 amide bonds. The van der Waals surface area contributed by atoms with Crippen LogP contribution in [0, 0.1) is 11.6 Å². The molecule has 2 aromatic carbocycles. The summed E-state index contributed by atoms with van der Waals surface area (Å²) in [5, 5.41) is 1.78. The molecule has 2 heterocycles. The van der Waals surface area contributed by atoms with E-state index < -0.39 is 33.7 Å². The van der Waals surface area contributed by atoms with Crippen LogP contribution >= 0.6 is 0 Å². The number of benzene rings is 2. The monoisotopic (exact) mass is 441 g/mol. The molecule has 0 aliphatic carbocycles. The molecule has 2 unspecified atom stereocenters. The summed E-state index contributed by atoms with van der Waals surface area (Å²) >= 11 is 0. The maximum Gasteiger partial charge on any atom is 0.251 e. The molecule has 0 bridgehead atoms. The first kappa shape index (κ1) is 20.8. The van der Waals surface area contributed by atoms with Gasteiger partial charge in [0.15, 0.2) is 17.4 Å². The highest BCUT2D eigenvalue weighted by atomic mass is 32.2. The molecule has 4 rings (SSSR count). The van der Waals surface area contributed by atoms with Crippen molar-refractivity contribution >= 4 is 28.4 Å². The van der Waals surface area contributed by atoms with Gasteiger partial charge in [0.25, 0.3) is 5.91 Å². The van der Waals surface area contributed by atoms with Gasteiger partial charge >= 0.3 is 0 Å². The molecule has 0 saturated carbocycles. The third-order valence-electron chi connectivity index (χ3n) is 4.92. The van der Waals surface area contributed by atoms with Crippen LogP contribution in [-0.4, -0.2) is 26.1 Å². The summed E-state index contributed by atoms with van der Waals surface area (Å²) in [7, 11) is -1.75. The number of ketones is 1. The van der Waals surface area contributed by atoms with E-state index in [0.29, 0.717) is 17.8 Å². The molecule has 0 fully saturated rings. The minimum Gasteiger partial charge on any atom is -0.348 e. The van der Waals surface area contributed by atoms with Crippen molar-refractivity contribution in [2.24, 2.45) is 0 Å². The van der Waals surface area contributed by atoms with Crippen molar-refractivity contribution in [3.63, 3.8) is 0 Å². The van der Waals surface area contributed by atoms with Crippen LogP contribution in [-0.2, 0) is 24.0 Å². The van der Waals surface area contributed by atoms with Gasteiger partial charge in [-0.3, -0.25) is 14.6 Å². The molecule has 31 heavy (non-hydrogen) atoms. The number of carbonyl (C=O) groups is 2. The minimum atomic E-state index is -1.75. The average molecular weight is 441 g/mol. The molecule has 1 aliphatic rings. The lowest BCUT2D eigenvalue weighted by Gasteiger charge is -2.24. The summed E-state index contributed by atoms with van der Waals surface area (Å²) in [6.07, 6.45) is 3.21. The zero-order valence-corrected chi connectivity index (χ0v) is 16.9. The number of Topliss-reactive ketones (excluding diaryl/α,β-unsaturated/α-hetero) is 1. The van der Waals surface area contributed by atoms with Crippen molar-refractivity contribution in [1.29, 1.82) is 0 Å². The van der Waals surface area contributed by atoms with E-state index in [2.05, 4.69) is 15.0 Å². The van der Waals surface area contributed by atoms with Gasteiger partial charge < -0.3 is 10.0 Å². The molecule has 1 aromatic heterocycles. The van der Waals surface area contributed by atoms with Gasteiger partial charge in [-0.25, -0.2) is 13.0 Å². The molecule has 0 saturated heterocycles. The normalized spacial score (nSPS) is 17.5. The van der Waals surface area contributed by atoms with Gasteiger partial charge in [-0.2, -0.15) is 0 Å². The lowest BCUT2D eigenvalue weighted by Crippen LogP contribution is -2.37. The van der Waals surface area contributed by atoms with Crippen LogP contribution in [0.1, 0.15) is 31.8 Å². The number of anilines is 1. The number of fused-ring (bicyclic) bond motifs is 1. The van der Waals surface area contributed by atoms with E-state index in [1.54, 1.807) is 24.5 Å². The van der Waals surface area contributed by atoms with Crippen LogP contribution in [0.15, 0.2) is 60.9 Å². The van der Waals surface area contributed by atoms with Gasteiger partial charge in [0, 0.05) is 30.1 Å². The van der Waals surface area contributed by atoms with Crippen LogP contribution in [0.5, 0.6) is 0 Å². The lowest BCUT2D eigenvalue weighted by atomic mass is 9.98. The number of nitrogens with one attached hydrogen (secondary N) is 2. The Morgan fingerprint density at radius 3 is 2.55 bits per heavy atom. The highest BCUT2D eigenvalue weighted by Gasteiger charge is 2.34. The zero-order valence-electron chi connectivity index (χ0n) is 16.1. The number of aromatic nitrogens is 1. The van der Waals surface area contributed by atoms with Crippen LogP contribution in [0.2, 0.25) is 0 Å². The molecule has 0 spiro atoms. The number of nitrogens with zero attached hydrogens (tertiary/aromatic N) is 1. The second kappa shape index (κ2) is 8.73. The summed E-state index contributed by atoms with van der Waals surface area (Å²) in [6, 6.07) is 11.4. The number of pyridine rings is 1. The van der Waals surface area contributed by atoms with E-state index in [-0.39, 0.29) is 23.5 Å². The number of carbonyl (C=O) groups excluding carboxylic acids is 2. The molecule has 0 radical (unpaired) electrons. The summed E-state index contributed by atoms with van der Waals surface area (Å²) in [4.78, 5) is 29.4. The number of amides is 1. The first-order valence-electron chi connectivity index (χ1n) is 9.39. The fourth-order valence-electron chi connectivity index (χ4n) is 3.26. The third kappa shape index (κ3) is 4.51. The first-order valence-corrected chi connectivity index (χ1v) is 10.6. The maximum atomic E-state index is 13.5. The van der Waals surface area contributed by atoms with Gasteiger partial charge in [-0.05, 0) is 60.0 Å². The Balaban J connectivity index is 1.53. The molecule has 3 aromatic rings. The van der Waals surface area contributed by atoms with E-state index in [1.165, 1.54) is 24.3 Å². The standard InChI is InChI=1S/C22H17F2N3O3S/c23-17-3-1-14(9-18(17)24)10-20-21(28)16-11-15(2-4-19(16)27-31(20)30)22(29)26-12-13-5-7-25-8-6-13/h1-9,11,20,27H,10,12H2,(H,26,29). The Hall–Kier alpha value is -3.46. The van der Waals surface area contributed by atoms with E-state index in [0.717, 1.165) is 17.7 Å². The first-order chi connectivity index (χ1) is 14.9. The Kier molecular flexibility index (Phi) is 5.85. The predicted octanol–water partition coefficient (Wildman–Crippen LogP) is 3.17. The van der Waals surface area contributed by atoms with Crippen molar-refractivity contribution < 1.29 is 22.6 Å². The van der Waals surface area contributed by atoms with Crippen LogP contribution < -0.4 is 10.0 Å². The van der Waals surface area contributed by atoms with E-state index in [1.807, 2.05) is 0 Å². The summed E-state index contributed by atoms with van der Waals surface area (Å²) < 4.78 is 42.0. The van der Waals surface area contributed by atoms with E-state index >= 15 is 0 Å². The Bertz CT molecular complexity index is 1190. The molecule has 1 aliphatic heterocycles. The third-order valence-corrected chi connectivity index (χ3v) is 6.23. The van der Waals surface area contributed by atoms with Gasteiger partial charge in [0.2, 0.25) is 0 Å². The van der Waals surface area contributed by atoms with E-state index in [9.17, 15) is 22.6 Å². The smallest absolute Gasteiger partial charge is 0.251 e. The molecule has 9 heteroatoms. The van der Waals surface area contributed by atoms with Gasteiger partial charge in [0.1, 0.15) is 16.2 Å². The lowest BCUT2D eigenvalue weighted by molar-refractivity contribution is 0.0951. The summed E-state index contributed by atoms with van der Waals surface area (Å²) in [5.41, 5.74) is 2.09. The molecular weight excluding hydrogens is 424 g/mol. The fourth-order valence-corrected chi connectivity index (χ4v) is 4.46. The van der Waals surface area contributed by atoms with Crippen molar-refractivity contribution in [2.75, 3.05) is 4.72 Å². The number of rotatable bonds is 5. The fraction of sp³-hybridized carbons (Fsp3) is 0.136. The van der Waals surface area contributed by atoms with E-state index in [4.69, 9.17) is 0 Å².